The van der Waals surface area contributed by atoms with Crippen LogP contribution in [0.2, 0.25) is 0 Å². The van der Waals surface area contributed by atoms with Crippen molar-refractivity contribution in [2.45, 2.75) is 57.5 Å². The molecule has 0 aromatic carbocycles. The highest BCUT2D eigenvalue weighted by molar-refractivity contribution is 7.11. The van der Waals surface area contributed by atoms with E-state index in [1.807, 2.05) is 11.3 Å². The zero-order valence-electron chi connectivity index (χ0n) is 16.2. The Morgan fingerprint density at radius 1 is 1.15 bits per heavy atom. The second-order valence-corrected chi connectivity index (χ2v) is 9.20. The van der Waals surface area contributed by atoms with Crippen molar-refractivity contribution in [3.8, 4) is 0 Å². The second-order valence-electron chi connectivity index (χ2n) is 8.03. The topological polar surface area (TPSA) is 50.1 Å². The fraction of sp³-hybridized carbons (Fsp3) is 0.737. The summed E-state index contributed by atoms with van der Waals surface area (Å²) in [7, 11) is 6.26. The molecule has 2 aromatic rings. The molecule has 0 amide bonds. The molecule has 6 nitrogen and oxygen atoms in total. The Kier molecular flexibility index (Phi) is 5.38. The number of aryl methyl sites for hydroxylation is 2. The summed E-state index contributed by atoms with van der Waals surface area (Å²) in [5.74, 6) is 2.67. The van der Waals surface area contributed by atoms with Crippen LogP contribution in [0.4, 0.5) is 0 Å². The summed E-state index contributed by atoms with van der Waals surface area (Å²) < 4.78 is 2.20. The van der Waals surface area contributed by atoms with Gasteiger partial charge in [0, 0.05) is 24.4 Å². The minimum absolute atomic E-state index is 0.478. The third kappa shape index (κ3) is 3.85. The molecule has 1 atom stereocenters. The van der Waals surface area contributed by atoms with Crippen molar-refractivity contribution in [2.24, 2.45) is 7.05 Å². The van der Waals surface area contributed by atoms with Crippen LogP contribution >= 0.6 is 11.3 Å². The zero-order valence-corrected chi connectivity index (χ0v) is 17.1. The number of fused-ring (bicyclic) bond motifs is 1. The van der Waals surface area contributed by atoms with Gasteiger partial charge in [-0.05, 0) is 59.2 Å². The first-order chi connectivity index (χ1) is 12.6. The van der Waals surface area contributed by atoms with Crippen molar-refractivity contribution in [1.29, 1.82) is 0 Å². The molecule has 1 aliphatic carbocycles. The third-order valence-corrected chi connectivity index (χ3v) is 6.72. The lowest BCUT2D eigenvalue weighted by Gasteiger charge is -2.31. The summed E-state index contributed by atoms with van der Waals surface area (Å²) in [5.41, 5.74) is 1.38. The van der Waals surface area contributed by atoms with Crippen LogP contribution in [0.15, 0.2) is 0 Å². The normalized spacial score (nSPS) is 21.3. The predicted molar refractivity (Wildman–Crippen MR) is 104 cm³/mol. The van der Waals surface area contributed by atoms with Gasteiger partial charge in [0.25, 0.3) is 0 Å². The molecule has 26 heavy (non-hydrogen) atoms. The molecule has 2 aromatic heterocycles. The number of hydrogen-bond donors (Lipinski definition) is 0. The summed E-state index contributed by atoms with van der Waals surface area (Å²) in [6, 6.07) is 0. The SMILES string of the molecule is CN(C)Cc1nnc([C@@H]2CCCN(Cc3nc4c(s3)CCCC4)C2)n1C. The number of thiazole rings is 1. The molecule has 1 aliphatic heterocycles. The number of hydrogen-bond acceptors (Lipinski definition) is 6. The summed E-state index contributed by atoms with van der Waals surface area (Å²) in [4.78, 5) is 11.2. The quantitative estimate of drug-likeness (QED) is 0.805. The van der Waals surface area contributed by atoms with E-state index in [-0.39, 0.29) is 0 Å². The minimum Gasteiger partial charge on any atom is -0.317 e. The summed E-state index contributed by atoms with van der Waals surface area (Å²) in [6.07, 6.45) is 7.50. The summed E-state index contributed by atoms with van der Waals surface area (Å²) in [6.45, 7) is 4.07. The third-order valence-electron chi connectivity index (χ3n) is 5.58. The Labute approximate surface area is 160 Å². The molecule has 0 spiro atoms. The first kappa shape index (κ1) is 18.1. The van der Waals surface area contributed by atoms with Gasteiger partial charge in [-0.2, -0.15) is 0 Å². The smallest absolute Gasteiger partial charge is 0.146 e. The van der Waals surface area contributed by atoms with Gasteiger partial charge in [0.15, 0.2) is 0 Å². The van der Waals surface area contributed by atoms with Crippen molar-refractivity contribution in [3.63, 3.8) is 0 Å². The standard InChI is InChI=1S/C19H30N6S/c1-23(2)12-17-21-22-19(24(17)3)14-7-6-10-25(11-14)13-18-20-15-8-4-5-9-16(15)26-18/h14H,4-13H2,1-3H3/t14-/m1/s1. The van der Waals surface area contributed by atoms with Gasteiger partial charge in [-0.1, -0.05) is 0 Å². The van der Waals surface area contributed by atoms with Crippen LogP contribution in [0.1, 0.15) is 58.8 Å². The van der Waals surface area contributed by atoms with E-state index in [4.69, 9.17) is 4.98 Å². The van der Waals surface area contributed by atoms with Crippen LogP contribution in [0.25, 0.3) is 0 Å². The second kappa shape index (κ2) is 7.74. The van der Waals surface area contributed by atoms with Crippen LogP contribution in [0, 0.1) is 0 Å². The number of likely N-dealkylation sites (tertiary alicyclic amines) is 1. The minimum atomic E-state index is 0.478. The van der Waals surface area contributed by atoms with Gasteiger partial charge in [0.1, 0.15) is 16.7 Å². The van der Waals surface area contributed by atoms with Gasteiger partial charge in [-0.15, -0.1) is 21.5 Å². The molecule has 142 valence electrons. The zero-order chi connectivity index (χ0) is 18.1. The van der Waals surface area contributed by atoms with E-state index in [1.165, 1.54) is 55.8 Å². The molecule has 0 N–H and O–H groups in total. The number of nitrogens with zero attached hydrogens (tertiary/aromatic N) is 6. The molecule has 3 heterocycles. The maximum Gasteiger partial charge on any atom is 0.146 e. The molecular weight excluding hydrogens is 344 g/mol. The Hall–Kier alpha value is -1.31. The Balaban J connectivity index is 1.43. The van der Waals surface area contributed by atoms with E-state index >= 15 is 0 Å². The van der Waals surface area contributed by atoms with Crippen molar-refractivity contribution in [2.75, 3.05) is 27.2 Å². The molecule has 0 bridgehead atoms. The molecule has 0 saturated carbocycles. The van der Waals surface area contributed by atoms with Gasteiger partial charge in [0.05, 0.1) is 18.8 Å². The van der Waals surface area contributed by atoms with Crippen molar-refractivity contribution in [1.82, 2.24) is 29.5 Å². The highest BCUT2D eigenvalue weighted by atomic mass is 32.1. The van der Waals surface area contributed by atoms with Crippen molar-refractivity contribution >= 4 is 11.3 Å². The molecular formula is C19H30N6S. The van der Waals surface area contributed by atoms with Gasteiger partial charge in [0.2, 0.25) is 0 Å². The Morgan fingerprint density at radius 2 is 2.00 bits per heavy atom. The van der Waals surface area contributed by atoms with Crippen LogP contribution in [0.5, 0.6) is 0 Å². The van der Waals surface area contributed by atoms with E-state index < -0.39 is 0 Å². The van der Waals surface area contributed by atoms with E-state index in [0.29, 0.717) is 5.92 Å². The fourth-order valence-corrected chi connectivity index (χ4v) is 5.42. The van der Waals surface area contributed by atoms with Crippen molar-refractivity contribution in [3.05, 3.63) is 27.2 Å². The molecule has 4 rings (SSSR count). The lowest BCUT2D eigenvalue weighted by Crippen LogP contribution is -2.34. The van der Waals surface area contributed by atoms with Crippen LogP contribution in [-0.2, 0) is 33.0 Å². The first-order valence-corrected chi connectivity index (χ1v) is 10.6. The largest absolute Gasteiger partial charge is 0.317 e. The Bertz CT molecular complexity index is 726. The maximum atomic E-state index is 4.94. The van der Waals surface area contributed by atoms with E-state index in [2.05, 4.69) is 45.7 Å². The van der Waals surface area contributed by atoms with E-state index in [9.17, 15) is 0 Å². The number of piperidine rings is 1. The van der Waals surface area contributed by atoms with E-state index in [0.717, 1.165) is 31.3 Å². The average Bonchev–Trinajstić information content (AvgIpc) is 3.18. The Morgan fingerprint density at radius 3 is 2.81 bits per heavy atom. The van der Waals surface area contributed by atoms with Gasteiger partial charge >= 0.3 is 0 Å². The van der Waals surface area contributed by atoms with Gasteiger partial charge in [-0.25, -0.2) is 4.98 Å². The number of rotatable bonds is 5. The maximum absolute atomic E-state index is 4.94. The highest BCUT2D eigenvalue weighted by Gasteiger charge is 2.27. The molecule has 2 aliphatic rings. The predicted octanol–water partition coefficient (Wildman–Crippen LogP) is 2.59. The average molecular weight is 375 g/mol. The fourth-order valence-electron chi connectivity index (χ4n) is 4.23. The highest BCUT2D eigenvalue weighted by Crippen LogP contribution is 2.30. The first-order valence-electron chi connectivity index (χ1n) is 9.83. The van der Waals surface area contributed by atoms with Crippen LogP contribution < -0.4 is 0 Å². The van der Waals surface area contributed by atoms with Gasteiger partial charge < -0.3 is 9.47 Å². The summed E-state index contributed by atoms with van der Waals surface area (Å²) in [5, 5.41) is 10.3. The lowest BCUT2D eigenvalue weighted by molar-refractivity contribution is 0.194. The molecule has 0 unspecified atom stereocenters. The van der Waals surface area contributed by atoms with Crippen molar-refractivity contribution < 1.29 is 0 Å². The lowest BCUT2D eigenvalue weighted by atomic mass is 9.97. The molecule has 1 saturated heterocycles. The monoisotopic (exact) mass is 374 g/mol. The molecule has 0 radical (unpaired) electrons. The molecule has 1 fully saturated rings. The van der Waals surface area contributed by atoms with Crippen LogP contribution in [0.3, 0.4) is 0 Å². The van der Waals surface area contributed by atoms with Gasteiger partial charge in [-0.3, -0.25) is 4.90 Å². The molecule has 7 heteroatoms. The van der Waals surface area contributed by atoms with Crippen LogP contribution in [-0.4, -0.2) is 56.7 Å². The summed E-state index contributed by atoms with van der Waals surface area (Å²) >= 11 is 1.95. The number of aromatic nitrogens is 4. The van der Waals surface area contributed by atoms with E-state index in [1.54, 1.807) is 4.88 Å².